The van der Waals surface area contributed by atoms with Gasteiger partial charge in [-0.25, -0.2) is 4.98 Å². The molecule has 3 aromatic rings. The lowest BCUT2D eigenvalue weighted by atomic mass is 10.1. The smallest absolute Gasteiger partial charge is 0.236 e. The van der Waals surface area contributed by atoms with E-state index in [1.165, 1.54) is 23.1 Å². The first-order chi connectivity index (χ1) is 13.7. The summed E-state index contributed by atoms with van der Waals surface area (Å²) >= 11 is 2.55. The van der Waals surface area contributed by atoms with Gasteiger partial charge in [0.2, 0.25) is 11.0 Å². The van der Waals surface area contributed by atoms with Gasteiger partial charge in [0.1, 0.15) is 29.3 Å². The molecule has 0 bridgehead atoms. The monoisotopic (exact) mass is 413 g/mol. The number of carbonyl (C=O) groups excluding carboxylic acids is 1. The Morgan fingerprint density at radius 1 is 1.29 bits per heavy atom. The number of fused-ring (bicyclic) bond motifs is 2. The highest BCUT2D eigenvalue weighted by molar-refractivity contribution is 8.00. The molecule has 1 aromatic carbocycles. The molecule has 1 aliphatic heterocycles. The number of nitriles is 1. The Kier molecular flexibility index (Phi) is 5.27. The van der Waals surface area contributed by atoms with Crippen molar-refractivity contribution in [3.05, 3.63) is 28.8 Å². The Morgan fingerprint density at radius 3 is 2.79 bits per heavy atom. The highest BCUT2D eigenvalue weighted by Gasteiger charge is 2.16. The van der Waals surface area contributed by atoms with Crippen molar-refractivity contribution in [3.63, 3.8) is 0 Å². The standard InChI is InChI=1S/C18H15N5O3S2/c1-2-16-22-23-18(28-16)21-15(24)9-27-17-11(8-19)5-10-6-13-14(7-12(10)20-17)26-4-3-25-13/h5-7H,2-4,9H2,1H3,(H,21,23,24). The summed E-state index contributed by atoms with van der Waals surface area (Å²) in [4.78, 5) is 16.7. The third-order valence-electron chi connectivity index (χ3n) is 3.92. The Balaban J connectivity index is 1.52. The maximum absolute atomic E-state index is 12.2. The molecule has 0 aliphatic carbocycles. The number of hydrogen-bond acceptors (Lipinski definition) is 9. The number of nitrogens with zero attached hydrogens (tertiary/aromatic N) is 4. The summed E-state index contributed by atoms with van der Waals surface area (Å²) in [5.74, 6) is 1.16. The number of benzene rings is 1. The second kappa shape index (κ2) is 8.00. The van der Waals surface area contributed by atoms with Crippen molar-refractivity contribution in [3.8, 4) is 17.6 Å². The number of aryl methyl sites for hydroxylation is 1. The van der Waals surface area contributed by atoms with Crippen LogP contribution in [0.3, 0.4) is 0 Å². The Labute approximate surface area is 168 Å². The third kappa shape index (κ3) is 3.85. The summed E-state index contributed by atoms with van der Waals surface area (Å²) in [5, 5.41) is 22.7. The van der Waals surface area contributed by atoms with E-state index in [4.69, 9.17) is 9.47 Å². The number of rotatable bonds is 5. The van der Waals surface area contributed by atoms with E-state index in [0.717, 1.165) is 16.8 Å². The molecule has 0 saturated carbocycles. The zero-order valence-electron chi connectivity index (χ0n) is 14.9. The molecule has 4 rings (SSSR count). The number of anilines is 1. The van der Waals surface area contributed by atoms with Crippen molar-refractivity contribution in [1.29, 1.82) is 5.26 Å². The lowest BCUT2D eigenvalue weighted by Gasteiger charge is -2.18. The van der Waals surface area contributed by atoms with Gasteiger partial charge in [0.15, 0.2) is 11.5 Å². The highest BCUT2D eigenvalue weighted by Crippen LogP contribution is 2.35. The predicted molar refractivity (Wildman–Crippen MR) is 106 cm³/mol. The van der Waals surface area contributed by atoms with E-state index in [-0.39, 0.29) is 11.7 Å². The van der Waals surface area contributed by atoms with Gasteiger partial charge in [0.05, 0.1) is 16.8 Å². The van der Waals surface area contributed by atoms with Crippen molar-refractivity contribution in [2.24, 2.45) is 0 Å². The fourth-order valence-corrected chi connectivity index (χ4v) is 4.08. The number of amides is 1. The molecule has 142 valence electrons. The molecule has 1 aliphatic rings. The number of thioether (sulfide) groups is 1. The third-order valence-corrected chi connectivity index (χ3v) is 5.89. The van der Waals surface area contributed by atoms with Crippen LogP contribution in [0.25, 0.3) is 10.9 Å². The molecule has 2 aromatic heterocycles. The minimum atomic E-state index is -0.225. The van der Waals surface area contributed by atoms with Crippen molar-refractivity contribution in [1.82, 2.24) is 15.2 Å². The molecule has 0 saturated heterocycles. The molecule has 10 heteroatoms. The minimum Gasteiger partial charge on any atom is -0.486 e. The van der Waals surface area contributed by atoms with Gasteiger partial charge in [-0.2, -0.15) is 5.26 Å². The summed E-state index contributed by atoms with van der Waals surface area (Å²) in [5.41, 5.74) is 1.09. The molecule has 1 N–H and O–H groups in total. The summed E-state index contributed by atoms with van der Waals surface area (Å²) in [6.07, 6.45) is 0.771. The normalized spacial score (nSPS) is 12.6. The van der Waals surface area contributed by atoms with Crippen LogP contribution in [0.5, 0.6) is 11.5 Å². The maximum Gasteiger partial charge on any atom is 0.236 e. The Bertz CT molecular complexity index is 1090. The van der Waals surface area contributed by atoms with E-state index in [1.807, 2.05) is 13.0 Å². The van der Waals surface area contributed by atoms with E-state index in [1.54, 1.807) is 12.1 Å². The largest absolute Gasteiger partial charge is 0.486 e. The SMILES string of the molecule is CCc1nnc(NC(=O)CSc2nc3cc4c(cc3cc2C#N)OCCO4)s1. The lowest BCUT2D eigenvalue weighted by molar-refractivity contribution is -0.113. The zero-order valence-corrected chi connectivity index (χ0v) is 16.5. The first-order valence-electron chi connectivity index (χ1n) is 8.56. The van der Waals surface area contributed by atoms with E-state index in [9.17, 15) is 10.1 Å². The van der Waals surface area contributed by atoms with Crippen LogP contribution >= 0.6 is 23.1 Å². The molecule has 0 atom stereocenters. The molecular formula is C18H15N5O3S2. The van der Waals surface area contributed by atoms with Crippen LogP contribution in [0.1, 0.15) is 17.5 Å². The molecule has 3 heterocycles. The minimum absolute atomic E-state index is 0.110. The van der Waals surface area contributed by atoms with Crippen LogP contribution in [-0.4, -0.2) is 40.1 Å². The topological polar surface area (TPSA) is 110 Å². The number of aromatic nitrogens is 3. The summed E-state index contributed by atoms with van der Waals surface area (Å²) in [7, 11) is 0. The van der Waals surface area contributed by atoms with Crippen LogP contribution in [-0.2, 0) is 11.2 Å². The van der Waals surface area contributed by atoms with Crippen LogP contribution in [0.2, 0.25) is 0 Å². The van der Waals surface area contributed by atoms with Crippen molar-refractivity contribution >= 4 is 45.0 Å². The molecule has 0 spiro atoms. The lowest BCUT2D eigenvalue weighted by Crippen LogP contribution is -2.15. The second-order valence-electron chi connectivity index (χ2n) is 5.83. The van der Waals surface area contributed by atoms with Crippen molar-refractivity contribution < 1.29 is 14.3 Å². The van der Waals surface area contributed by atoms with E-state index in [0.29, 0.717) is 46.0 Å². The second-order valence-corrected chi connectivity index (χ2v) is 7.86. The van der Waals surface area contributed by atoms with Crippen LogP contribution in [0.4, 0.5) is 5.13 Å². The van der Waals surface area contributed by atoms with Gasteiger partial charge >= 0.3 is 0 Å². The molecule has 8 nitrogen and oxygen atoms in total. The number of carbonyl (C=O) groups is 1. The maximum atomic E-state index is 12.2. The van der Waals surface area contributed by atoms with Crippen LogP contribution in [0.15, 0.2) is 23.2 Å². The molecule has 0 fully saturated rings. The van der Waals surface area contributed by atoms with E-state index >= 15 is 0 Å². The molecular weight excluding hydrogens is 398 g/mol. The highest BCUT2D eigenvalue weighted by atomic mass is 32.2. The van der Waals surface area contributed by atoms with Gasteiger partial charge in [0.25, 0.3) is 0 Å². The van der Waals surface area contributed by atoms with Crippen LogP contribution < -0.4 is 14.8 Å². The quantitative estimate of drug-likeness (QED) is 0.636. The van der Waals surface area contributed by atoms with Gasteiger partial charge in [-0.05, 0) is 18.6 Å². The Morgan fingerprint density at radius 2 is 2.07 bits per heavy atom. The van der Waals surface area contributed by atoms with Gasteiger partial charge in [-0.3, -0.25) is 10.1 Å². The zero-order chi connectivity index (χ0) is 19.5. The number of ether oxygens (including phenoxy) is 2. The van der Waals surface area contributed by atoms with Crippen LogP contribution in [0, 0.1) is 11.3 Å². The fraction of sp³-hybridized carbons (Fsp3) is 0.278. The van der Waals surface area contributed by atoms with Gasteiger partial charge in [-0.1, -0.05) is 30.0 Å². The Hall–Kier alpha value is -2.90. The number of hydrogen-bond donors (Lipinski definition) is 1. The first-order valence-corrected chi connectivity index (χ1v) is 10.4. The fourth-order valence-electron chi connectivity index (χ4n) is 2.62. The van der Waals surface area contributed by atoms with Crippen molar-refractivity contribution in [2.75, 3.05) is 24.3 Å². The molecule has 0 radical (unpaired) electrons. The summed E-state index contributed by atoms with van der Waals surface area (Å²) in [6, 6.07) is 7.51. The summed E-state index contributed by atoms with van der Waals surface area (Å²) in [6.45, 7) is 2.96. The molecule has 28 heavy (non-hydrogen) atoms. The average Bonchev–Trinajstić information content (AvgIpc) is 3.17. The van der Waals surface area contributed by atoms with Gasteiger partial charge in [0, 0.05) is 11.5 Å². The van der Waals surface area contributed by atoms with E-state index in [2.05, 4.69) is 26.6 Å². The number of pyridine rings is 1. The molecule has 1 amide bonds. The predicted octanol–water partition coefficient (Wildman–Crippen LogP) is 3.02. The van der Waals surface area contributed by atoms with E-state index < -0.39 is 0 Å². The van der Waals surface area contributed by atoms with Gasteiger partial charge in [-0.15, -0.1) is 10.2 Å². The van der Waals surface area contributed by atoms with Gasteiger partial charge < -0.3 is 9.47 Å². The molecule has 0 unspecified atom stereocenters. The average molecular weight is 413 g/mol. The number of nitrogens with one attached hydrogen (secondary N) is 1. The summed E-state index contributed by atoms with van der Waals surface area (Å²) < 4.78 is 11.2. The first kappa shape index (κ1) is 18.5. The van der Waals surface area contributed by atoms with Crippen molar-refractivity contribution in [2.45, 2.75) is 18.4 Å².